The molecular formula is C14H15FN2O2. The minimum absolute atomic E-state index is 0.311. The maximum atomic E-state index is 13.2. The van der Waals surface area contributed by atoms with E-state index in [1.165, 1.54) is 12.1 Å². The summed E-state index contributed by atoms with van der Waals surface area (Å²) < 4.78 is 24.0. The first kappa shape index (κ1) is 13.1. The fourth-order valence-electron chi connectivity index (χ4n) is 1.54. The number of aromatic nitrogens is 1. The van der Waals surface area contributed by atoms with Crippen LogP contribution in [0.25, 0.3) is 0 Å². The van der Waals surface area contributed by atoms with Crippen molar-refractivity contribution in [3.8, 4) is 17.5 Å². The molecule has 0 saturated heterocycles. The lowest BCUT2D eigenvalue weighted by Crippen LogP contribution is -2.00. The molecule has 2 aromatic rings. The minimum Gasteiger partial charge on any atom is -0.476 e. The molecule has 0 aliphatic rings. The Morgan fingerprint density at radius 3 is 2.79 bits per heavy atom. The number of aryl methyl sites for hydroxylation is 1. The van der Waals surface area contributed by atoms with Gasteiger partial charge in [0.2, 0.25) is 11.8 Å². The van der Waals surface area contributed by atoms with Gasteiger partial charge in [-0.15, -0.1) is 0 Å². The van der Waals surface area contributed by atoms with Gasteiger partial charge in [0.25, 0.3) is 0 Å². The monoisotopic (exact) mass is 262 g/mol. The van der Waals surface area contributed by atoms with E-state index in [2.05, 4.69) is 4.98 Å². The third-order valence-electron chi connectivity index (χ3n) is 2.51. The molecule has 0 amide bonds. The number of pyridine rings is 1. The molecule has 0 spiro atoms. The van der Waals surface area contributed by atoms with Gasteiger partial charge < -0.3 is 15.2 Å². The molecule has 1 heterocycles. The number of nitrogens with zero attached hydrogens (tertiary/aromatic N) is 1. The quantitative estimate of drug-likeness (QED) is 0.918. The SMILES string of the molecule is CCOc1nc(Oc2cc(F)ccc2C)ccc1N. The molecule has 2 N–H and O–H groups in total. The number of benzene rings is 1. The van der Waals surface area contributed by atoms with Gasteiger partial charge in [-0.1, -0.05) is 6.07 Å². The van der Waals surface area contributed by atoms with Gasteiger partial charge in [0.15, 0.2) is 0 Å². The van der Waals surface area contributed by atoms with Gasteiger partial charge in [-0.2, -0.15) is 4.98 Å². The summed E-state index contributed by atoms with van der Waals surface area (Å²) in [7, 11) is 0. The van der Waals surface area contributed by atoms with Crippen molar-refractivity contribution in [2.45, 2.75) is 13.8 Å². The van der Waals surface area contributed by atoms with E-state index in [0.717, 1.165) is 5.56 Å². The largest absolute Gasteiger partial charge is 0.476 e. The number of ether oxygens (including phenoxy) is 2. The lowest BCUT2D eigenvalue weighted by atomic mass is 10.2. The zero-order valence-electron chi connectivity index (χ0n) is 10.8. The summed E-state index contributed by atoms with van der Waals surface area (Å²) in [5, 5.41) is 0. The predicted octanol–water partition coefficient (Wildman–Crippen LogP) is 3.30. The van der Waals surface area contributed by atoms with Gasteiger partial charge in [-0.05, 0) is 31.5 Å². The summed E-state index contributed by atoms with van der Waals surface area (Å²) >= 11 is 0. The second-order valence-electron chi connectivity index (χ2n) is 3.99. The van der Waals surface area contributed by atoms with Crippen LogP contribution in [-0.4, -0.2) is 11.6 Å². The molecule has 0 aliphatic heterocycles. The van der Waals surface area contributed by atoms with Crippen molar-refractivity contribution in [3.05, 3.63) is 41.7 Å². The first-order chi connectivity index (χ1) is 9.10. The molecule has 19 heavy (non-hydrogen) atoms. The fourth-order valence-corrected chi connectivity index (χ4v) is 1.54. The number of nitrogens with two attached hydrogens (primary N) is 1. The van der Waals surface area contributed by atoms with Crippen molar-refractivity contribution in [1.82, 2.24) is 4.98 Å². The number of hydrogen-bond donors (Lipinski definition) is 1. The van der Waals surface area contributed by atoms with Crippen LogP contribution in [0.15, 0.2) is 30.3 Å². The molecule has 0 unspecified atom stereocenters. The van der Waals surface area contributed by atoms with Crippen LogP contribution < -0.4 is 15.2 Å². The highest BCUT2D eigenvalue weighted by molar-refractivity contribution is 5.50. The van der Waals surface area contributed by atoms with Crippen LogP contribution in [-0.2, 0) is 0 Å². The van der Waals surface area contributed by atoms with Crippen molar-refractivity contribution in [3.63, 3.8) is 0 Å². The average molecular weight is 262 g/mol. The second kappa shape index (κ2) is 5.56. The van der Waals surface area contributed by atoms with E-state index in [4.69, 9.17) is 15.2 Å². The number of anilines is 1. The van der Waals surface area contributed by atoms with Gasteiger partial charge in [0.1, 0.15) is 11.6 Å². The highest BCUT2D eigenvalue weighted by atomic mass is 19.1. The first-order valence-corrected chi connectivity index (χ1v) is 5.93. The van der Waals surface area contributed by atoms with Gasteiger partial charge in [-0.3, -0.25) is 0 Å². The topological polar surface area (TPSA) is 57.4 Å². The molecule has 100 valence electrons. The van der Waals surface area contributed by atoms with Crippen LogP contribution in [0.2, 0.25) is 0 Å². The Kier molecular flexibility index (Phi) is 3.85. The Labute approximate surface area is 111 Å². The molecule has 1 aromatic heterocycles. The fraction of sp³-hybridized carbons (Fsp3) is 0.214. The van der Waals surface area contributed by atoms with Crippen molar-refractivity contribution in [1.29, 1.82) is 0 Å². The molecule has 0 radical (unpaired) electrons. The van der Waals surface area contributed by atoms with E-state index in [-0.39, 0.29) is 5.82 Å². The van der Waals surface area contributed by atoms with Crippen LogP contribution in [0, 0.1) is 12.7 Å². The second-order valence-corrected chi connectivity index (χ2v) is 3.99. The van der Waals surface area contributed by atoms with Crippen molar-refractivity contribution in [2.75, 3.05) is 12.3 Å². The maximum absolute atomic E-state index is 13.2. The first-order valence-electron chi connectivity index (χ1n) is 5.93. The molecule has 0 fully saturated rings. The summed E-state index contributed by atoms with van der Waals surface area (Å²) in [4.78, 5) is 4.14. The van der Waals surface area contributed by atoms with Gasteiger partial charge >= 0.3 is 0 Å². The van der Waals surface area contributed by atoms with Crippen LogP contribution in [0.5, 0.6) is 17.5 Å². The molecule has 0 atom stereocenters. The van der Waals surface area contributed by atoms with Gasteiger partial charge in [0.05, 0.1) is 12.3 Å². The maximum Gasteiger partial charge on any atom is 0.240 e. The van der Waals surface area contributed by atoms with Crippen LogP contribution >= 0.6 is 0 Å². The third kappa shape index (κ3) is 3.13. The van der Waals surface area contributed by atoms with E-state index in [0.29, 0.717) is 29.8 Å². The van der Waals surface area contributed by atoms with E-state index < -0.39 is 0 Å². The smallest absolute Gasteiger partial charge is 0.240 e. The number of halogens is 1. The Bertz CT molecular complexity index is 588. The van der Waals surface area contributed by atoms with Crippen molar-refractivity contribution in [2.24, 2.45) is 0 Å². The van der Waals surface area contributed by atoms with E-state index in [9.17, 15) is 4.39 Å². The van der Waals surface area contributed by atoms with E-state index >= 15 is 0 Å². The van der Waals surface area contributed by atoms with Crippen molar-refractivity contribution < 1.29 is 13.9 Å². The summed E-state index contributed by atoms with van der Waals surface area (Å²) in [6, 6.07) is 7.59. The molecular weight excluding hydrogens is 247 g/mol. The van der Waals surface area contributed by atoms with Crippen LogP contribution in [0.1, 0.15) is 12.5 Å². The third-order valence-corrected chi connectivity index (χ3v) is 2.51. The van der Waals surface area contributed by atoms with Gasteiger partial charge in [0, 0.05) is 12.1 Å². The van der Waals surface area contributed by atoms with Crippen LogP contribution in [0.4, 0.5) is 10.1 Å². The minimum atomic E-state index is -0.360. The highest BCUT2D eigenvalue weighted by Crippen LogP contribution is 2.28. The highest BCUT2D eigenvalue weighted by Gasteiger charge is 2.08. The summed E-state index contributed by atoms with van der Waals surface area (Å²) in [6.45, 7) is 4.13. The van der Waals surface area contributed by atoms with E-state index in [1.807, 2.05) is 13.8 Å². The Morgan fingerprint density at radius 2 is 2.05 bits per heavy atom. The predicted molar refractivity (Wildman–Crippen MR) is 71.0 cm³/mol. The number of rotatable bonds is 4. The number of hydrogen-bond acceptors (Lipinski definition) is 4. The Morgan fingerprint density at radius 1 is 1.26 bits per heavy atom. The molecule has 0 bridgehead atoms. The Hall–Kier alpha value is -2.30. The van der Waals surface area contributed by atoms with E-state index in [1.54, 1.807) is 18.2 Å². The summed E-state index contributed by atoms with van der Waals surface area (Å²) in [5.74, 6) is 0.682. The molecule has 0 aliphatic carbocycles. The molecule has 4 nitrogen and oxygen atoms in total. The zero-order valence-corrected chi connectivity index (χ0v) is 10.8. The molecule has 2 rings (SSSR count). The normalized spacial score (nSPS) is 10.3. The lowest BCUT2D eigenvalue weighted by molar-refractivity contribution is 0.323. The molecule has 1 aromatic carbocycles. The van der Waals surface area contributed by atoms with Crippen molar-refractivity contribution >= 4 is 5.69 Å². The standard InChI is InChI=1S/C14H15FN2O2/c1-3-18-14-11(16)6-7-13(17-14)19-12-8-10(15)5-4-9(12)2/h4-8H,3,16H2,1-2H3. The Balaban J connectivity index is 2.28. The van der Waals surface area contributed by atoms with Gasteiger partial charge in [-0.25, -0.2) is 4.39 Å². The van der Waals surface area contributed by atoms with Crippen LogP contribution in [0.3, 0.4) is 0 Å². The molecule has 5 heteroatoms. The summed E-state index contributed by atoms with van der Waals surface area (Å²) in [6.07, 6.45) is 0. The molecule has 0 saturated carbocycles. The average Bonchev–Trinajstić information content (AvgIpc) is 2.38. The summed E-state index contributed by atoms with van der Waals surface area (Å²) in [5.41, 5.74) is 6.97. The lowest BCUT2D eigenvalue weighted by Gasteiger charge is -2.10. The zero-order chi connectivity index (χ0) is 13.8. The number of nitrogen functional groups attached to an aromatic ring is 1.